The molecule has 0 saturated carbocycles. The Morgan fingerprint density at radius 1 is 1.10 bits per heavy atom. The number of hydrazine groups is 1. The maximum atomic E-state index is 14.0. The van der Waals surface area contributed by atoms with Gasteiger partial charge < -0.3 is 4.74 Å². The zero-order chi connectivity index (χ0) is 22.2. The number of benzene rings is 2. The monoisotopic (exact) mass is 412 g/mol. The van der Waals surface area contributed by atoms with Crippen LogP contribution in [-0.4, -0.2) is 29.0 Å². The van der Waals surface area contributed by atoms with Crippen LogP contribution in [0.5, 0.6) is 5.75 Å². The summed E-state index contributed by atoms with van der Waals surface area (Å²) in [5.41, 5.74) is 5.62. The molecule has 0 bridgehead atoms. The van der Waals surface area contributed by atoms with Crippen LogP contribution in [0.25, 0.3) is 0 Å². The van der Waals surface area contributed by atoms with Crippen molar-refractivity contribution >= 4 is 11.8 Å². The predicted molar refractivity (Wildman–Crippen MR) is 114 cm³/mol. The second-order valence-electron chi connectivity index (χ2n) is 8.84. The van der Waals surface area contributed by atoms with Crippen molar-refractivity contribution in [2.24, 2.45) is 0 Å². The van der Waals surface area contributed by atoms with Gasteiger partial charge in [0.15, 0.2) is 0 Å². The molecule has 1 N–H and O–H groups in total. The molecule has 0 fully saturated rings. The normalized spacial score (nSPS) is 13.3. The minimum atomic E-state index is -0.686. The van der Waals surface area contributed by atoms with Gasteiger partial charge in [-0.05, 0) is 101 Å². The Bertz CT molecular complexity index is 985. The molecule has 2 aromatic carbocycles. The summed E-state index contributed by atoms with van der Waals surface area (Å²) in [7, 11) is 0. The summed E-state index contributed by atoms with van der Waals surface area (Å²) < 4.78 is 19.7. The van der Waals surface area contributed by atoms with Gasteiger partial charge in [-0.15, -0.1) is 0 Å². The topological polar surface area (TPSA) is 58.6 Å². The molecular weight excluding hydrogens is 383 g/mol. The van der Waals surface area contributed by atoms with Crippen molar-refractivity contribution in [3.63, 3.8) is 0 Å². The van der Waals surface area contributed by atoms with Crippen molar-refractivity contribution in [2.75, 3.05) is 6.61 Å². The molecule has 30 heavy (non-hydrogen) atoms. The minimum Gasteiger partial charge on any atom is -0.493 e. The molecule has 5 nitrogen and oxygen atoms in total. The fourth-order valence-corrected chi connectivity index (χ4v) is 3.74. The van der Waals surface area contributed by atoms with E-state index in [1.54, 1.807) is 19.9 Å². The molecule has 0 unspecified atom stereocenters. The Labute approximate surface area is 177 Å². The molecule has 0 aromatic heterocycles. The molecule has 0 atom stereocenters. The molecule has 0 radical (unpaired) electrons. The third-order valence-electron chi connectivity index (χ3n) is 5.40. The van der Waals surface area contributed by atoms with Crippen LogP contribution >= 0.6 is 0 Å². The summed E-state index contributed by atoms with van der Waals surface area (Å²) in [4.78, 5) is 26.4. The minimum absolute atomic E-state index is 0.329. The smallest absolute Gasteiger partial charge is 0.272 e. The van der Waals surface area contributed by atoms with Crippen LogP contribution in [0.1, 0.15) is 70.2 Å². The highest BCUT2D eigenvalue weighted by molar-refractivity contribution is 6.00. The quantitative estimate of drug-likeness (QED) is 0.730. The van der Waals surface area contributed by atoms with Crippen LogP contribution in [0.15, 0.2) is 24.3 Å². The maximum absolute atomic E-state index is 14.0. The average molecular weight is 413 g/mol. The van der Waals surface area contributed by atoms with Gasteiger partial charge in [-0.3, -0.25) is 15.0 Å². The third-order valence-corrected chi connectivity index (χ3v) is 5.40. The predicted octanol–water partition coefficient (Wildman–Crippen LogP) is 4.66. The van der Waals surface area contributed by atoms with Crippen molar-refractivity contribution in [2.45, 2.75) is 59.9 Å². The second-order valence-corrected chi connectivity index (χ2v) is 8.84. The van der Waals surface area contributed by atoms with Crippen LogP contribution in [0.3, 0.4) is 0 Å². The van der Waals surface area contributed by atoms with Gasteiger partial charge in [0.25, 0.3) is 11.8 Å². The van der Waals surface area contributed by atoms with Gasteiger partial charge in [0, 0.05) is 11.1 Å². The highest BCUT2D eigenvalue weighted by atomic mass is 19.1. The average Bonchev–Trinajstić information content (AvgIpc) is 2.68. The van der Waals surface area contributed by atoms with Gasteiger partial charge in [-0.1, -0.05) is 0 Å². The summed E-state index contributed by atoms with van der Waals surface area (Å²) in [6, 6.07) is 6.56. The molecule has 1 heterocycles. The van der Waals surface area contributed by atoms with Crippen molar-refractivity contribution < 1.29 is 18.7 Å². The van der Waals surface area contributed by atoms with Crippen LogP contribution in [0.4, 0.5) is 4.39 Å². The lowest BCUT2D eigenvalue weighted by molar-refractivity contribution is 0.0358. The number of hydrogen-bond donors (Lipinski definition) is 1. The second kappa shape index (κ2) is 8.09. The summed E-state index contributed by atoms with van der Waals surface area (Å²) in [6.45, 7) is 11.3. The molecule has 6 heteroatoms. The molecule has 1 aliphatic heterocycles. The van der Waals surface area contributed by atoms with Gasteiger partial charge in [0.1, 0.15) is 11.6 Å². The number of amides is 2. The van der Waals surface area contributed by atoms with Crippen LogP contribution < -0.4 is 10.2 Å². The van der Waals surface area contributed by atoms with E-state index in [1.165, 1.54) is 17.1 Å². The van der Waals surface area contributed by atoms with E-state index in [9.17, 15) is 14.0 Å². The Morgan fingerprint density at radius 2 is 1.73 bits per heavy atom. The number of nitrogens with one attached hydrogen (secondary N) is 1. The molecular formula is C24H29FN2O3. The number of halogens is 1. The summed E-state index contributed by atoms with van der Waals surface area (Å²) >= 11 is 0. The molecule has 3 rings (SSSR count). The highest BCUT2D eigenvalue weighted by Gasteiger charge is 2.31. The first-order valence-corrected chi connectivity index (χ1v) is 10.2. The summed E-state index contributed by atoms with van der Waals surface area (Å²) in [5, 5.41) is 1.32. The van der Waals surface area contributed by atoms with Crippen LogP contribution in [0, 0.1) is 26.6 Å². The molecule has 160 valence electrons. The maximum Gasteiger partial charge on any atom is 0.272 e. The molecule has 0 aliphatic carbocycles. The van der Waals surface area contributed by atoms with Crippen LogP contribution in [0.2, 0.25) is 0 Å². The van der Waals surface area contributed by atoms with E-state index < -0.39 is 5.54 Å². The number of carbonyl (C=O) groups is 2. The summed E-state index contributed by atoms with van der Waals surface area (Å²) in [5.74, 6) is -0.262. The highest BCUT2D eigenvalue weighted by Crippen LogP contribution is 2.30. The first-order chi connectivity index (χ1) is 14.0. The molecule has 2 aromatic rings. The number of hydrogen-bond acceptors (Lipinski definition) is 3. The van der Waals surface area contributed by atoms with Crippen molar-refractivity contribution in [1.82, 2.24) is 10.4 Å². The van der Waals surface area contributed by atoms with E-state index in [2.05, 4.69) is 5.43 Å². The molecule has 2 amide bonds. The standard InChI is InChI=1S/C24H29FN2O3/c1-14-12-17(13-15(2)21(14)25)23(29)27(24(4,5)6)26-22(28)19-9-10-20-18(16(19)3)8-7-11-30-20/h9-10,12-13H,7-8,11H2,1-6H3,(H,26,28). The lowest BCUT2D eigenvalue weighted by Crippen LogP contribution is -2.56. The molecule has 0 spiro atoms. The van der Waals surface area contributed by atoms with Gasteiger partial charge >= 0.3 is 0 Å². The van der Waals surface area contributed by atoms with Gasteiger partial charge in [0.2, 0.25) is 0 Å². The van der Waals surface area contributed by atoms with E-state index in [1.807, 2.05) is 33.8 Å². The Morgan fingerprint density at radius 3 is 2.33 bits per heavy atom. The number of nitrogens with zero attached hydrogens (tertiary/aromatic N) is 1. The van der Waals surface area contributed by atoms with Gasteiger partial charge in [0.05, 0.1) is 12.1 Å². The fourth-order valence-electron chi connectivity index (χ4n) is 3.74. The van der Waals surface area contributed by atoms with Crippen molar-refractivity contribution in [3.8, 4) is 5.75 Å². The Hall–Kier alpha value is -2.89. The number of ether oxygens (including phenoxy) is 1. The van der Waals surface area contributed by atoms with E-state index in [0.717, 1.165) is 29.7 Å². The number of fused-ring (bicyclic) bond motifs is 1. The van der Waals surface area contributed by atoms with Crippen LogP contribution in [-0.2, 0) is 6.42 Å². The first-order valence-electron chi connectivity index (χ1n) is 10.2. The van der Waals surface area contributed by atoms with E-state index in [0.29, 0.717) is 28.9 Å². The zero-order valence-corrected chi connectivity index (χ0v) is 18.5. The van der Waals surface area contributed by atoms with E-state index in [4.69, 9.17) is 4.74 Å². The molecule has 0 saturated heterocycles. The van der Waals surface area contributed by atoms with Gasteiger partial charge in [-0.2, -0.15) is 0 Å². The number of carbonyl (C=O) groups excluding carboxylic acids is 2. The van der Waals surface area contributed by atoms with Crippen molar-refractivity contribution in [1.29, 1.82) is 0 Å². The van der Waals surface area contributed by atoms with Gasteiger partial charge in [-0.25, -0.2) is 9.40 Å². The fraction of sp³-hybridized carbons (Fsp3) is 0.417. The Balaban J connectivity index is 1.93. The third kappa shape index (κ3) is 4.18. The zero-order valence-electron chi connectivity index (χ0n) is 18.5. The Kier molecular flexibility index (Phi) is 5.88. The lowest BCUT2D eigenvalue weighted by Gasteiger charge is -2.36. The number of rotatable bonds is 2. The summed E-state index contributed by atoms with van der Waals surface area (Å²) in [6.07, 6.45) is 1.77. The van der Waals surface area contributed by atoms with Crippen molar-refractivity contribution in [3.05, 3.63) is 63.5 Å². The van der Waals surface area contributed by atoms with E-state index in [-0.39, 0.29) is 17.6 Å². The van der Waals surface area contributed by atoms with E-state index >= 15 is 0 Å². The number of aryl methyl sites for hydroxylation is 2. The largest absolute Gasteiger partial charge is 0.493 e. The SMILES string of the molecule is Cc1cc(C(=O)N(NC(=O)c2ccc3c(c2C)CCCO3)C(C)(C)C)cc(C)c1F. The lowest BCUT2D eigenvalue weighted by atomic mass is 9.96. The molecule has 1 aliphatic rings. The first kappa shape index (κ1) is 21.8.